The first kappa shape index (κ1) is 34.5. The molecule has 0 unspecified atom stereocenters. The van der Waals surface area contributed by atoms with Crippen LogP contribution in [0.2, 0.25) is 0 Å². The van der Waals surface area contributed by atoms with E-state index < -0.39 is 35.5 Å². The molecule has 16 heteroatoms. The smallest absolute Gasteiger partial charge is 0.410 e. The van der Waals surface area contributed by atoms with E-state index in [9.17, 15) is 14.4 Å². The van der Waals surface area contributed by atoms with E-state index in [1.165, 1.54) is 9.80 Å². The lowest BCUT2D eigenvalue weighted by molar-refractivity contribution is -0.133. The molecule has 0 aliphatic carbocycles. The Hall–Kier alpha value is -3.48. The zero-order valence-corrected chi connectivity index (χ0v) is 25.9. The van der Waals surface area contributed by atoms with Crippen LogP contribution in [0.15, 0.2) is 10.2 Å². The predicted molar refractivity (Wildman–Crippen MR) is 154 cm³/mol. The van der Waals surface area contributed by atoms with Gasteiger partial charge in [0.05, 0.1) is 18.1 Å². The second kappa shape index (κ2) is 14.2. The Kier molecular flexibility index (Phi) is 12.3. The first-order chi connectivity index (χ1) is 18.3. The van der Waals surface area contributed by atoms with E-state index in [0.717, 1.165) is 0 Å². The summed E-state index contributed by atoms with van der Waals surface area (Å²) in [5, 5.41) is 7.30. The maximum absolute atomic E-state index is 12.2. The van der Waals surface area contributed by atoms with E-state index in [1.807, 2.05) is 34.9 Å². The summed E-state index contributed by atoms with van der Waals surface area (Å²) in [5.41, 5.74) is 15.8. The van der Waals surface area contributed by atoms with Gasteiger partial charge < -0.3 is 19.3 Å². The van der Waals surface area contributed by atoms with Gasteiger partial charge in [-0.2, -0.15) is 0 Å². The number of azide groups is 2. The molecular formula is C24H42N10O5S. The summed E-state index contributed by atoms with van der Waals surface area (Å²) in [5.74, 6) is -0.202. The number of hydrogen-bond acceptors (Lipinski definition) is 8. The lowest BCUT2D eigenvalue weighted by Gasteiger charge is -2.30. The van der Waals surface area contributed by atoms with Gasteiger partial charge in [-0.3, -0.25) is 14.6 Å². The van der Waals surface area contributed by atoms with Gasteiger partial charge in [0.25, 0.3) is 0 Å². The molecule has 224 valence electrons. The van der Waals surface area contributed by atoms with Gasteiger partial charge in [-0.05, 0) is 65.4 Å². The zero-order valence-electron chi connectivity index (χ0n) is 25.1. The Morgan fingerprint density at radius 1 is 0.775 bits per heavy atom. The molecule has 0 bridgehead atoms. The second-order valence-electron chi connectivity index (χ2n) is 12.0. The minimum Gasteiger partial charge on any atom is -0.444 e. The van der Waals surface area contributed by atoms with E-state index in [1.54, 1.807) is 44.7 Å². The Morgan fingerprint density at radius 2 is 1.15 bits per heavy atom. The largest absolute Gasteiger partial charge is 0.444 e. The van der Waals surface area contributed by atoms with E-state index in [2.05, 4.69) is 20.1 Å². The molecule has 2 saturated heterocycles. The highest BCUT2D eigenvalue weighted by atomic mass is 32.1. The Balaban J connectivity index is 0.000000400. The number of carbonyl (C=O) groups is 3. The molecule has 0 radical (unpaired) electrons. The summed E-state index contributed by atoms with van der Waals surface area (Å²) >= 11 is 5.35. The summed E-state index contributed by atoms with van der Waals surface area (Å²) in [7, 11) is 6.90. The van der Waals surface area contributed by atoms with Crippen LogP contribution in [0.1, 0.15) is 54.4 Å². The van der Waals surface area contributed by atoms with Gasteiger partial charge in [-0.15, -0.1) is 0 Å². The van der Waals surface area contributed by atoms with Crippen molar-refractivity contribution >= 4 is 35.3 Å². The molecule has 0 aromatic rings. The SMILES string of the molecule is CN(C)C(=O)[C@@H]1C[C@@H](N=[N+]=[N-])CN1C(=O)OC(C)(C)C.CN(C)C(=S)[C@@H]1C[C@@H](N=[N+]=[N-])CN1C(=O)OC(C)(C)C. The van der Waals surface area contributed by atoms with Crippen LogP contribution in [-0.4, -0.2) is 119 Å². The minimum absolute atomic E-state index is 0.198. The molecular weight excluding hydrogens is 540 g/mol. The Labute approximate surface area is 241 Å². The topological polar surface area (TPSA) is 180 Å². The quantitative estimate of drug-likeness (QED) is 0.205. The van der Waals surface area contributed by atoms with Crippen molar-refractivity contribution in [2.24, 2.45) is 10.2 Å². The number of likely N-dealkylation sites (tertiary alicyclic amines) is 2. The number of hydrogen-bond donors (Lipinski definition) is 0. The van der Waals surface area contributed by atoms with Crippen LogP contribution < -0.4 is 0 Å². The van der Waals surface area contributed by atoms with Gasteiger partial charge in [0, 0.05) is 51.1 Å². The number of amides is 3. The van der Waals surface area contributed by atoms with Crippen LogP contribution in [0.5, 0.6) is 0 Å². The van der Waals surface area contributed by atoms with Crippen molar-refractivity contribution in [1.29, 1.82) is 0 Å². The molecule has 2 aliphatic heterocycles. The van der Waals surface area contributed by atoms with Crippen molar-refractivity contribution in [3.05, 3.63) is 20.9 Å². The van der Waals surface area contributed by atoms with Crippen LogP contribution in [-0.2, 0) is 14.3 Å². The molecule has 2 fully saturated rings. The summed E-state index contributed by atoms with van der Waals surface area (Å²) in [4.78, 5) is 48.8. The van der Waals surface area contributed by atoms with Crippen LogP contribution >= 0.6 is 12.2 Å². The summed E-state index contributed by atoms with van der Waals surface area (Å²) in [6.07, 6.45) is -0.142. The molecule has 40 heavy (non-hydrogen) atoms. The fourth-order valence-electron chi connectivity index (χ4n) is 4.05. The van der Waals surface area contributed by atoms with Crippen LogP contribution in [0.25, 0.3) is 20.9 Å². The maximum atomic E-state index is 12.2. The molecule has 2 heterocycles. The molecule has 2 aliphatic rings. The molecule has 2 rings (SSSR count). The third-order valence-corrected chi connectivity index (χ3v) is 6.33. The van der Waals surface area contributed by atoms with Crippen molar-refractivity contribution in [2.75, 3.05) is 41.3 Å². The number of ether oxygens (including phenoxy) is 2. The second-order valence-corrected chi connectivity index (χ2v) is 12.4. The zero-order chi connectivity index (χ0) is 31.0. The highest BCUT2D eigenvalue weighted by molar-refractivity contribution is 7.80. The number of carbonyl (C=O) groups excluding carboxylic acids is 3. The Bertz CT molecular complexity index is 960. The van der Waals surface area contributed by atoms with Gasteiger partial charge >= 0.3 is 12.2 Å². The van der Waals surface area contributed by atoms with Crippen LogP contribution in [0.4, 0.5) is 9.59 Å². The standard InChI is InChI=1S/C12H21N5O3.C12H21N5O2S/c1-12(2,3)20-11(19)17-7-8(14-15-13)6-9(17)10(18)16(4)5;1-12(2,3)19-11(18)17-7-8(14-15-13)6-9(17)10(20)16(4)5/h2*8-9H,6-7H2,1-5H3/t2*8-,9+/m11/s1. The third kappa shape index (κ3) is 10.6. The normalized spacial score (nSPS) is 22.1. The summed E-state index contributed by atoms with van der Waals surface area (Å²) in [6, 6.07) is -1.59. The number of likely N-dealkylation sites (N-methyl/N-ethyl adjacent to an activating group) is 2. The molecule has 0 saturated carbocycles. The lowest BCUT2D eigenvalue weighted by Crippen LogP contribution is -2.47. The van der Waals surface area contributed by atoms with E-state index >= 15 is 0 Å². The maximum Gasteiger partial charge on any atom is 0.410 e. The van der Waals surface area contributed by atoms with Crippen molar-refractivity contribution in [3.8, 4) is 0 Å². The van der Waals surface area contributed by atoms with Crippen molar-refractivity contribution in [1.82, 2.24) is 19.6 Å². The molecule has 0 aromatic carbocycles. The molecule has 0 spiro atoms. The summed E-state index contributed by atoms with van der Waals surface area (Å²) < 4.78 is 10.7. The van der Waals surface area contributed by atoms with E-state index in [-0.39, 0.29) is 24.5 Å². The number of thiocarbonyl (C=S) groups is 1. The van der Waals surface area contributed by atoms with Gasteiger partial charge in [-0.25, -0.2) is 9.59 Å². The predicted octanol–water partition coefficient (Wildman–Crippen LogP) is 4.33. The fraction of sp³-hybridized carbons (Fsp3) is 0.833. The van der Waals surface area contributed by atoms with Crippen LogP contribution in [0, 0.1) is 0 Å². The molecule has 15 nitrogen and oxygen atoms in total. The molecule has 3 amide bonds. The molecule has 0 aromatic heterocycles. The lowest BCUT2D eigenvalue weighted by atomic mass is 10.1. The van der Waals surface area contributed by atoms with Crippen molar-refractivity contribution in [2.45, 2.75) is 89.8 Å². The Morgan fingerprint density at radius 3 is 1.48 bits per heavy atom. The van der Waals surface area contributed by atoms with Gasteiger partial charge in [-0.1, -0.05) is 22.4 Å². The number of nitrogens with zero attached hydrogens (tertiary/aromatic N) is 10. The molecule has 0 N–H and O–H groups in total. The van der Waals surface area contributed by atoms with Crippen molar-refractivity contribution < 1.29 is 23.9 Å². The average Bonchev–Trinajstić information content (AvgIpc) is 3.41. The highest BCUT2D eigenvalue weighted by Gasteiger charge is 2.42. The van der Waals surface area contributed by atoms with Gasteiger partial charge in [0.15, 0.2) is 0 Å². The van der Waals surface area contributed by atoms with Gasteiger partial charge in [0.1, 0.15) is 22.2 Å². The third-order valence-electron chi connectivity index (χ3n) is 5.70. The number of rotatable bonds is 4. The minimum atomic E-state index is -0.643. The summed E-state index contributed by atoms with van der Waals surface area (Å²) in [6.45, 7) is 11.2. The molecule has 4 atom stereocenters. The highest BCUT2D eigenvalue weighted by Crippen LogP contribution is 2.26. The first-order valence-electron chi connectivity index (χ1n) is 12.8. The van der Waals surface area contributed by atoms with E-state index in [0.29, 0.717) is 24.4 Å². The van der Waals surface area contributed by atoms with Gasteiger partial charge in [0.2, 0.25) is 5.91 Å². The monoisotopic (exact) mass is 582 g/mol. The van der Waals surface area contributed by atoms with E-state index in [4.69, 9.17) is 32.8 Å². The first-order valence-corrected chi connectivity index (χ1v) is 13.2. The van der Waals surface area contributed by atoms with Crippen molar-refractivity contribution in [3.63, 3.8) is 0 Å². The average molecular weight is 583 g/mol. The fourth-order valence-corrected chi connectivity index (χ4v) is 4.27. The van der Waals surface area contributed by atoms with Crippen LogP contribution in [0.3, 0.4) is 0 Å².